The summed E-state index contributed by atoms with van der Waals surface area (Å²) in [4.78, 5) is 67.1. The van der Waals surface area contributed by atoms with Crippen molar-refractivity contribution in [3.63, 3.8) is 0 Å². The Morgan fingerprint density at radius 1 is 0.638 bits per heavy atom. The lowest BCUT2D eigenvalue weighted by Gasteiger charge is -2.23. The molecule has 5 rings (SSSR count). The number of aliphatic carboxylic acids is 2. The molecule has 8 bridgehead atoms. The Labute approximate surface area is 340 Å². The molecule has 12 heteroatoms. The molecule has 0 fully saturated rings. The minimum atomic E-state index is -0.906. The van der Waals surface area contributed by atoms with Gasteiger partial charge in [0.05, 0.1) is 28.7 Å². The van der Waals surface area contributed by atoms with E-state index in [1.165, 1.54) is 0 Å². The van der Waals surface area contributed by atoms with Crippen LogP contribution in [0.4, 0.5) is 0 Å². The average Bonchev–Trinajstić information content (AvgIpc) is 3.81. The van der Waals surface area contributed by atoms with Crippen molar-refractivity contribution in [1.82, 2.24) is 25.3 Å². The summed E-state index contributed by atoms with van der Waals surface area (Å²) in [5.41, 5.74) is 17.2. The number of hydrogen-bond acceptors (Lipinski definition) is 5. The van der Waals surface area contributed by atoms with Crippen molar-refractivity contribution >= 4 is 47.4 Å². The van der Waals surface area contributed by atoms with Gasteiger partial charge in [-0.15, -0.1) is 0 Å². The number of aromatic amines is 4. The number of carbonyl (C=O) groups excluding carboxylic acids is 2. The van der Waals surface area contributed by atoms with Crippen LogP contribution in [0.3, 0.4) is 0 Å². The van der Waals surface area contributed by atoms with E-state index in [1.807, 2.05) is 73.6 Å². The Hall–Kier alpha value is -5.36. The molecule has 0 radical (unpaired) electrons. The number of carboxylic acids is 2. The van der Waals surface area contributed by atoms with Crippen LogP contribution >= 0.6 is 0 Å². The number of H-pyrrole nitrogens is 4. The molecule has 9 N–H and O–H groups in total. The lowest BCUT2D eigenvalue weighted by atomic mass is 9.91. The highest BCUT2D eigenvalue weighted by molar-refractivity contribution is 6.23. The standard InChI is InChI=1S/C46H62N6O6/c1-11-28-27(10)43-42(45(57)39(18-23(5)6)52-46(58)32(47)17-22(3)4)44-29(12-2)24(7)35(50-44)19-33-25(8)30(13-15-40(53)54)37(48-33)21-38-31(14-16-41(55)56)26(9)34(49-38)20-36(28)51-43/h19-23,32,39,48-51H,11-18,47H2,1-10H3,(H,52,58)(H,53,54)(H,55,56)/t32-,39-/m0/s1. The first-order valence-electron chi connectivity index (χ1n) is 20.7. The van der Waals surface area contributed by atoms with Crippen LogP contribution in [0.15, 0.2) is 0 Å². The molecular formula is C46H62N6O6. The van der Waals surface area contributed by atoms with Crippen LogP contribution in [0, 0.1) is 39.5 Å². The summed E-state index contributed by atoms with van der Waals surface area (Å²) >= 11 is 0. The zero-order chi connectivity index (χ0) is 42.7. The fourth-order valence-electron chi connectivity index (χ4n) is 8.52. The molecule has 4 aromatic heterocycles. The van der Waals surface area contributed by atoms with Gasteiger partial charge in [0.1, 0.15) is 0 Å². The summed E-state index contributed by atoms with van der Waals surface area (Å²) in [6.07, 6.45) is 8.63. The second kappa shape index (κ2) is 18.1. The number of hydrogen-bond donors (Lipinski definition) is 8. The number of ketones is 1. The Morgan fingerprint density at radius 2 is 1.17 bits per heavy atom. The summed E-state index contributed by atoms with van der Waals surface area (Å²) in [7, 11) is 0. The van der Waals surface area contributed by atoms with Gasteiger partial charge in [0.2, 0.25) is 5.91 Å². The van der Waals surface area contributed by atoms with E-state index in [4.69, 9.17) is 5.73 Å². The summed E-state index contributed by atoms with van der Waals surface area (Å²) in [5.74, 6) is -2.11. The Kier molecular flexibility index (Phi) is 13.6. The van der Waals surface area contributed by atoms with Gasteiger partial charge >= 0.3 is 11.9 Å². The van der Waals surface area contributed by atoms with Crippen LogP contribution in [0.2, 0.25) is 0 Å². The minimum Gasteiger partial charge on any atom is -0.481 e. The maximum atomic E-state index is 15.4. The molecule has 0 unspecified atom stereocenters. The van der Waals surface area contributed by atoms with E-state index in [-0.39, 0.29) is 49.2 Å². The second-order valence-corrected chi connectivity index (χ2v) is 16.7. The largest absolute Gasteiger partial charge is 0.481 e. The molecule has 1 amide bonds. The molecule has 4 aromatic rings. The highest BCUT2D eigenvalue weighted by atomic mass is 16.4. The predicted molar refractivity (Wildman–Crippen MR) is 228 cm³/mol. The third kappa shape index (κ3) is 9.17. The normalized spacial score (nSPS) is 13.6. The Bertz CT molecular complexity index is 2490. The van der Waals surface area contributed by atoms with E-state index in [2.05, 4.69) is 39.1 Å². The molecule has 58 heavy (non-hydrogen) atoms. The van der Waals surface area contributed by atoms with Crippen LogP contribution in [0.25, 0.3) is 23.8 Å². The fourth-order valence-corrected chi connectivity index (χ4v) is 8.52. The van der Waals surface area contributed by atoms with Crippen molar-refractivity contribution in [2.24, 2.45) is 17.6 Å². The van der Waals surface area contributed by atoms with E-state index in [0.717, 1.165) is 77.6 Å². The van der Waals surface area contributed by atoms with E-state index in [0.29, 0.717) is 42.3 Å². The van der Waals surface area contributed by atoms with Gasteiger partial charge < -0.3 is 41.2 Å². The molecule has 2 atom stereocenters. The third-order valence-electron chi connectivity index (χ3n) is 11.6. The summed E-state index contributed by atoms with van der Waals surface area (Å²) in [5, 5.41) is 25.4. The monoisotopic (exact) mass is 794 g/mol. The minimum absolute atomic E-state index is 0.0650. The number of amides is 1. The number of fused-ring (bicyclic) bond motifs is 8. The number of nitrogens with one attached hydrogen (secondary N) is 5. The van der Waals surface area contributed by atoms with Crippen LogP contribution in [0.1, 0.15) is 135 Å². The fraction of sp³-hybridized carbons (Fsp3) is 0.478. The summed E-state index contributed by atoms with van der Waals surface area (Å²) in [6.45, 7) is 20.2. The van der Waals surface area contributed by atoms with Crippen molar-refractivity contribution in [2.45, 2.75) is 133 Å². The Morgan fingerprint density at radius 3 is 1.76 bits per heavy atom. The molecule has 1 aliphatic heterocycles. The highest BCUT2D eigenvalue weighted by Gasteiger charge is 2.32. The zero-order valence-corrected chi connectivity index (χ0v) is 35.8. The maximum absolute atomic E-state index is 15.4. The van der Waals surface area contributed by atoms with Crippen LogP contribution in [-0.4, -0.2) is 65.9 Å². The number of aromatic nitrogens is 4. The topological polar surface area (TPSA) is 210 Å². The number of nitrogens with two attached hydrogens (primary N) is 1. The van der Waals surface area contributed by atoms with Gasteiger partial charge in [-0.05, 0) is 141 Å². The molecule has 0 aliphatic carbocycles. The van der Waals surface area contributed by atoms with Crippen LogP contribution in [-0.2, 0) is 44.9 Å². The first kappa shape index (κ1) is 43.8. The summed E-state index contributed by atoms with van der Waals surface area (Å²) in [6, 6.07) is -1.61. The van der Waals surface area contributed by atoms with Crippen molar-refractivity contribution in [3.8, 4) is 0 Å². The van der Waals surface area contributed by atoms with Gasteiger partial charge in [-0.25, -0.2) is 0 Å². The lowest BCUT2D eigenvalue weighted by Crippen LogP contribution is -2.50. The molecular weight excluding hydrogens is 733 g/mol. The average molecular weight is 795 g/mol. The first-order chi connectivity index (χ1) is 27.4. The highest BCUT2D eigenvalue weighted by Crippen LogP contribution is 2.28. The predicted octanol–water partition coefficient (Wildman–Crippen LogP) is 3.86. The second-order valence-electron chi connectivity index (χ2n) is 16.7. The van der Waals surface area contributed by atoms with Crippen LogP contribution < -0.4 is 32.4 Å². The van der Waals surface area contributed by atoms with E-state index in [1.54, 1.807) is 0 Å². The van der Waals surface area contributed by atoms with Crippen molar-refractivity contribution < 1.29 is 29.4 Å². The lowest BCUT2D eigenvalue weighted by molar-refractivity contribution is -0.138. The molecule has 0 saturated carbocycles. The molecule has 1 aliphatic rings. The molecule has 0 spiro atoms. The quantitative estimate of drug-likeness (QED) is 0.0839. The number of carboxylic acid groups (broad SMARTS) is 2. The van der Waals surface area contributed by atoms with E-state index in [9.17, 15) is 24.6 Å². The van der Waals surface area contributed by atoms with Crippen molar-refractivity contribution in [3.05, 3.63) is 88.7 Å². The molecule has 312 valence electrons. The van der Waals surface area contributed by atoms with Gasteiger partial charge in [0.25, 0.3) is 0 Å². The molecule has 0 aromatic carbocycles. The number of rotatable bonds is 16. The first-order valence-corrected chi connectivity index (χ1v) is 20.7. The van der Waals surface area contributed by atoms with Gasteiger partial charge in [-0.2, -0.15) is 0 Å². The third-order valence-corrected chi connectivity index (χ3v) is 11.6. The smallest absolute Gasteiger partial charge is 0.303 e. The number of Topliss-reactive ketones (excluding diaryl/α,β-unsaturated/α-hetero) is 1. The maximum Gasteiger partial charge on any atom is 0.303 e. The van der Waals surface area contributed by atoms with E-state index < -0.39 is 24.0 Å². The SMILES string of the molecule is CCc1c2[nH]c(c1C)C(C(=O)[C@H](CC(C)C)NC(=O)[C@@H](N)CC(C)C)=c1[nH]c(c(C)c1CC)=Cc1[nH]c(c(CCC(=O)O)c1C)C=c1[nH]c(c(C)c1CCC(=O)O)=C2. The summed E-state index contributed by atoms with van der Waals surface area (Å²) < 4.78 is 0. The van der Waals surface area contributed by atoms with Gasteiger partial charge in [0.15, 0.2) is 5.78 Å². The zero-order valence-electron chi connectivity index (χ0n) is 35.8. The van der Waals surface area contributed by atoms with E-state index >= 15 is 4.79 Å². The van der Waals surface area contributed by atoms with Crippen molar-refractivity contribution in [1.29, 1.82) is 0 Å². The van der Waals surface area contributed by atoms with Crippen LogP contribution in [0.5, 0.6) is 0 Å². The molecule has 12 nitrogen and oxygen atoms in total. The molecule has 0 saturated heterocycles. The Balaban J connectivity index is 1.94. The van der Waals surface area contributed by atoms with Gasteiger partial charge in [0, 0.05) is 46.0 Å². The molecule has 5 heterocycles. The van der Waals surface area contributed by atoms with Gasteiger partial charge in [-0.1, -0.05) is 41.5 Å². The number of carbonyl (C=O) groups is 4. The van der Waals surface area contributed by atoms with Crippen molar-refractivity contribution in [2.75, 3.05) is 0 Å². The van der Waals surface area contributed by atoms with Gasteiger partial charge in [-0.3, -0.25) is 19.2 Å².